The van der Waals surface area contributed by atoms with Crippen LogP contribution in [0.4, 0.5) is 5.69 Å². The molecule has 2 aromatic rings. The first-order chi connectivity index (χ1) is 11.7. The highest BCUT2D eigenvalue weighted by Crippen LogP contribution is 2.31. The maximum Gasteiger partial charge on any atom is 0.244 e. The van der Waals surface area contributed by atoms with E-state index in [4.69, 9.17) is 9.47 Å². The van der Waals surface area contributed by atoms with Crippen molar-refractivity contribution < 1.29 is 14.3 Å². The summed E-state index contributed by atoms with van der Waals surface area (Å²) < 4.78 is 10.9. The normalized spacial score (nSPS) is 19.6. The van der Waals surface area contributed by atoms with Crippen molar-refractivity contribution in [2.75, 3.05) is 25.6 Å². The molecule has 0 bridgehead atoms. The second kappa shape index (κ2) is 8.85. The summed E-state index contributed by atoms with van der Waals surface area (Å²) in [6.45, 7) is 3.22. The Morgan fingerprint density at radius 2 is 2.04 bits per heavy atom. The zero-order chi connectivity index (χ0) is 16.9. The molecule has 134 valence electrons. The van der Waals surface area contributed by atoms with Gasteiger partial charge < -0.3 is 20.1 Å². The fourth-order valence-electron chi connectivity index (χ4n) is 2.89. The number of morpholine rings is 1. The number of anilines is 1. The Balaban J connectivity index is 0.00000225. The molecule has 3 rings (SSSR count). The van der Waals surface area contributed by atoms with E-state index in [1.165, 1.54) is 0 Å². The van der Waals surface area contributed by atoms with Crippen molar-refractivity contribution in [3.05, 3.63) is 48.5 Å². The van der Waals surface area contributed by atoms with Gasteiger partial charge in [0, 0.05) is 17.8 Å². The summed E-state index contributed by atoms with van der Waals surface area (Å²) in [5.74, 6) is 0.719. The van der Waals surface area contributed by atoms with Crippen LogP contribution in [0.15, 0.2) is 48.5 Å². The lowest BCUT2D eigenvalue weighted by Gasteiger charge is -2.29. The molecule has 1 saturated heterocycles. The van der Waals surface area contributed by atoms with E-state index in [-0.39, 0.29) is 30.5 Å². The first kappa shape index (κ1) is 19.2. The average Bonchev–Trinajstić information content (AvgIpc) is 2.62. The van der Waals surface area contributed by atoms with Gasteiger partial charge in [0.25, 0.3) is 0 Å². The molecule has 6 heteroatoms. The lowest BCUT2D eigenvalue weighted by molar-refractivity contribution is -0.123. The highest BCUT2D eigenvalue weighted by Gasteiger charge is 2.28. The van der Waals surface area contributed by atoms with Crippen LogP contribution in [0.5, 0.6) is 5.75 Å². The molecule has 0 spiro atoms. The molecule has 2 atom stereocenters. The predicted octanol–water partition coefficient (Wildman–Crippen LogP) is 3.10. The zero-order valence-corrected chi connectivity index (χ0v) is 15.1. The number of hydrogen-bond donors (Lipinski definition) is 2. The Labute approximate surface area is 154 Å². The number of amides is 1. The Morgan fingerprint density at radius 3 is 2.80 bits per heavy atom. The van der Waals surface area contributed by atoms with Crippen LogP contribution in [-0.4, -0.2) is 38.3 Å². The van der Waals surface area contributed by atoms with Crippen molar-refractivity contribution in [3.8, 4) is 16.9 Å². The molecule has 2 aromatic carbocycles. The monoisotopic (exact) mass is 362 g/mol. The fraction of sp³-hybridized carbons (Fsp3) is 0.316. The molecule has 1 amide bonds. The SMILES string of the molecule is COc1ccccc1-c1cccc(NC(=O)[C@H]2NCCO[C@@H]2C)c1.Cl. The first-order valence-corrected chi connectivity index (χ1v) is 8.08. The van der Waals surface area contributed by atoms with Gasteiger partial charge in [0.15, 0.2) is 0 Å². The van der Waals surface area contributed by atoms with Crippen LogP contribution in [0.2, 0.25) is 0 Å². The van der Waals surface area contributed by atoms with E-state index in [1.54, 1.807) is 7.11 Å². The number of halogens is 1. The molecule has 25 heavy (non-hydrogen) atoms. The minimum atomic E-state index is -0.339. The Kier molecular flexibility index (Phi) is 6.82. The zero-order valence-electron chi connectivity index (χ0n) is 14.3. The van der Waals surface area contributed by atoms with Gasteiger partial charge in [0.2, 0.25) is 5.91 Å². The number of benzene rings is 2. The molecule has 0 aromatic heterocycles. The average molecular weight is 363 g/mol. The number of ether oxygens (including phenoxy) is 2. The molecule has 5 nitrogen and oxygen atoms in total. The Morgan fingerprint density at radius 1 is 1.24 bits per heavy atom. The van der Waals surface area contributed by atoms with Crippen molar-refractivity contribution in [2.24, 2.45) is 0 Å². The van der Waals surface area contributed by atoms with E-state index < -0.39 is 0 Å². The van der Waals surface area contributed by atoms with Crippen molar-refractivity contribution in [1.29, 1.82) is 0 Å². The minimum absolute atomic E-state index is 0. The summed E-state index contributed by atoms with van der Waals surface area (Å²) in [6, 6.07) is 15.2. The second-order valence-electron chi connectivity index (χ2n) is 5.78. The third-order valence-corrected chi connectivity index (χ3v) is 4.15. The molecule has 1 fully saturated rings. The topological polar surface area (TPSA) is 59.6 Å². The summed E-state index contributed by atoms with van der Waals surface area (Å²) in [5, 5.41) is 6.16. The summed E-state index contributed by atoms with van der Waals surface area (Å²) in [7, 11) is 1.65. The minimum Gasteiger partial charge on any atom is -0.496 e. The van der Waals surface area contributed by atoms with Gasteiger partial charge in [-0.25, -0.2) is 0 Å². The number of rotatable bonds is 4. The smallest absolute Gasteiger partial charge is 0.244 e. The molecule has 0 aliphatic carbocycles. The van der Waals surface area contributed by atoms with Gasteiger partial charge in [-0.3, -0.25) is 4.79 Å². The van der Waals surface area contributed by atoms with Crippen molar-refractivity contribution in [3.63, 3.8) is 0 Å². The molecule has 1 heterocycles. The summed E-state index contributed by atoms with van der Waals surface area (Å²) >= 11 is 0. The van der Waals surface area contributed by atoms with E-state index >= 15 is 0 Å². The Hall–Kier alpha value is -2.08. The second-order valence-corrected chi connectivity index (χ2v) is 5.78. The number of hydrogen-bond acceptors (Lipinski definition) is 4. The molecule has 1 aliphatic heterocycles. The van der Waals surface area contributed by atoms with Crippen LogP contribution in [0.1, 0.15) is 6.92 Å². The van der Waals surface area contributed by atoms with Gasteiger partial charge in [-0.1, -0.05) is 30.3 Å². The Bertz CT molecular complexity index is 723. The van der Waals surface area contributed by atoms with Crippen LogP contribution in [-0.2, 0) is 9.53 Å². The summed E-state index contributed by atoms with van der Waals surface area (Å²) in [5.41, 5.74) is 2.73. The molecular weight excluding hydrogens is 340 g/mol. The van der Waals surface area contributed by atoms with E-state index in [9.17, 15) is 4.79 Å². The maximum atomic E-state index is 12.5. The lowest BCUT2D eigenvalue weighted by atomic mass is 10.0. The van der Waals surface area contributed by atoms with Gasteiger partial charge in [-0.05, 0) is 30.7 Å². The van der Waals surface area contributed by atoms with Crippen LogP contribution < -0.4 is 15.4 Å². The summed E-state index contributed by atoms with van der Waals surface area (Å²) in [4.78, 5) is 12.5. The van der Waals surface area contributed by atoms with E-state index in [0.29, 0.717) is 13.2 Å². The summed E-state index contributed by atoms with van der Waals surface area (Å²) in [6.07, 6.45) is -0.142. The molecule has 0 saturated carbocycles. The number of methoxy groups -OCH3 is 1. The van der Waals surface area contributed by atoms with Gasteiger partial charge >= 0.3 is 0 Å². The van der Waals surface area contributed by atoms with E-state index in [2.05, 4.69) is 10.6 Å². The molecular formula is C19H23ClN2O3. The highest BCUT2D eigenvalue weighted by atomic mass is 35.5. The van der Waals surface area contributed by atoms with Crippen molar-refractivity contribution in [1.82, 2.24) is 5.32 Å². The van der Waals surface area contributed by atoms with E-state index in [1.807, 2.05) is 55.5 Å². The third-order valence-electron chi connectivity index (χ3n) is 4.15. The van der Waals surface area contributed by atoms with E-state index in [0.717, 1.165) is 22.6 Å². The quantitative estimate of drug-likeness (QED) is 0.877. The maximum absolute atomic E-state index is 12.5. The van der Waals surface area contributed by atoms with Gasteiger partial charge in [0.1, 0.15) is 11.8 Å². The molecule has 1 aliphatic rings. The van der Waals surface area contributed by atoms with Crippen LogP contribution >= 0.6 is 12.4 Å². The fourth-order valence-corrected chi connectivity index (χ4v) is 2.89. The van der Waals surface area contributed by atoms with Crippen LogP contribution in [0, 0.1) is 0 Å². The van der Waals surface area contributed by atoms with Crippen molar-refractivity contribution >= 4 is 24.0 Å². The highest BCUT2D eigenvalue weighted by molar-refractivity contribution is 5.96. The molecule has 0 unspecified atom stereocenters. The van der Waals surface area contributed by atoms with Crippen molar-refractivity contribution in [2.45, 2.75) is 19.1 Å². The van der Waals surface area contributed by atoms with Gasteiger partial charge in [-0.2, -0.15) is 0 Å². The molecule has 2 N–H and O–H groups in total. The number of carbonyl (C=O) groups is 1. The number of para-hydroxylation sites is 1. The number of carbonyl (C=O) groups excluding carboxylic acids is 1. The predicted molar refractivity (Wildman–Crippen MR) is 102 cm³/mol. The van der Waals surface area contributed by atoms with Gasteiger partial charge in [0.05, 0.1) is 19.8 Å². The van der Waals surface area contributed by atoms with Crippen LogP contribution in [0.3, 0.4) is 0 Å². The lowest BCUT2D eigenvalue weighted by Crippen LogP contribution is -2.53. The number of nitrogens with one attached hydrogen (secondary N) is 2. The van der Waals surface area contributed by atoms with Crippen LogP contribution in [0.25, 0.3) is 11.1 Å². The molecule has 0 radical (unpaired) electrons. The first-order valence-electron chi connectivity index (χ1n) is 8.08. The van der Waals surface area contributed by atoms with Gasteiger partial charge in [-0.15, -0.1) is 12.4 Å². The third kappa shape index (κ3) is 4.51. The standard InChI is InChI=1S/C19H22N2O3.ClH/c1-13-18(20-10-11-24-13)19(22)21-15-7-5-6-14(12-15)16-8-3-4-9-17(16)23-2;/h3-9,12-13,18,20H,10-11H2,1-2H3,(H,21,22);1H/t13-,18+;/m1./s1. The largest absolute Gasteiger partial charge is 0.496 e.